The predicted molar refractivity (Wildman–Crippen MR) is 123 cm³/mol. The van der Waals surface area contributed by atoms with Gasteiger partial charge in [-0.2, -0.15) is 0 Å². The fourth-order valence-corrected chi connectivity index (χ4v) is 3.73. The Morgan fingerprint density at radius 1 is 0.900 bits per heavy atom. The molecular formula is C25H22N2O2S. The van der Waals surface area contributed by atoms with Gasteiger partial charge in [0.25, 0.3) is 5.91 Å². The first-order chi connectivity index (χ1) is 14.6. The molecule has 4 rings (SSSR count). The van der Waals surface area contributed by atoms with Crippen molar-refractivity contribution in [1.82, 2.24) is 4.98 Å². The standard InChI is InChI=1S/C25H22N2O2S/c1-17-8-10-21(11-9-17)23-16-30-25(26-23)27-24(28)18(2)29-22-14-12-20(13-15-22)19-6-4-3-5-7-19/h3-16,18H,1-2H3,(H,26,27,28). The Balaban J connectivity index is 1.37. The molecule has 4 nitrogen and oxygen atoms in total. The van der Waals surface area contributed by atoms with Crippen LogP contribution in [-0.2, 0) is 4.79 Å². The van der Waals surface area contributed by atoms with Crippen molar-refractivity contribution in [3.8, 4) is 28.1 Å². The minimum Gasteiger partial charge on any atom is -0.481 e. The van der Waals surface area contributed by atoms with Crippen molar-refractivity contribution in [2.45, 2.75) is 20.0 Å². The summed E-state index contributed by atoms with van der Waals surface area (Å²) < 4.78 is 5.81. The number of ether oxygens (including phenoxy) is 1. The molecule has 0 saturated carbocycles. The second-order valence-corrected chi connectivity index (χ2v) is 7.90. The fourth-order valence-electron chi connectivity index (χ4n) is 3.01. The van der Waals surface area contributed by atoms with E-state index in [1.165, 1.54) is 16.9 Å². The lowest BCUT2D eigenvalue weighted by atomic mass is 10.1. The Morgan fingerprint density at radius 3 is 2.23 bits per heavy atom. The molecule has 30 heavy (non-hydrogen) atoms. The first-order valence-corrected chi connectivity index (χ1v) is 10.6. The SMILES string of the molecule is Cc1ccc(-c2csc(NC(=O)C(C)Oc3ccc(-c4ccccc4)cc3)n2)cc1. The number of thiazole rings is 1. The van der Waals surface area contributed by atoms with E-state index in [1.54, 1.807) is 6.92 Å². The van der Waals surface area contributed by atoms with Crippen LogP contribution in [0.3, 0.4) is 0 Å². The largest absolute Gasteiger partial charge is 0.481 e. The lowest BCUT2D eigenvalue weighted by Gasteiger charge is -2.14. The van der Waals surface area contributed by atoms with Crippen LogP contribution in [0, 0.1) is 6.92 Å². The highest BCUT2D eigenvalue weighted by Gasteiger charge is 2.17. The van der Waals surface area contributed by atoms with Gasteiger partial charge in [0.2, 0.25) is 0 Å². The summed E-state index contributed by atoms with van der Waals surface area (Å²) in [6.07, 6.45) is -0.640. The molecule has 0 aliphatic rings. The van der Waals surface area contributed by atoms with Gasteiger partial charge in [-0.1, -0.05) is 72.3 Å². The lowest BCUT2D eigenvalue weighted by molar-refractivity contribution is -0.122. The number of nitrogens with one attached hydrogen (secondary N) is 1. The van der Waals surface area contributed by atoms with Crippen molar-refractivity contribution in [2.75, 3.05) is 5.32 Å². The average Bonchev–Trinajstić information content (AvgIpc) is 3.24. The highest BCUT2D eigenvalue weighted by molar-refractivity contribution is 7.14. The summed E-state index contributed by atoms with van der Waals surface area (Å²) in [4.78, 5) is 17.0. The topological polar surface area (TPSA) is 51.2 Å². The molecule has 0 saturated heterocycles. The molecule has 1 amide bonds. The number of carbonyl (C=O) groups excluding carboxylic acids is 1. The Bertz CT molecular complexity index is 1120. The third-order valence-corrected chi connectivity index (χ3v) is 5.48. The molecule has 0 aliphatic heterocycles. The monoisotopic (exact) mass is 414 g/mol. The van der Waals surface area contributed by atoms with E-state index >= 15 is 0 Å². The summed E-state index contributed by atoms with van der Waals surface area (Å²) in [5, 5.41) is 5.34. The summed E-state index contributed by atoms with van der Waals surface area (Å²) in [6.45, 7) is 3.78. The van der Waals surface area contributed by atoms with Crippen LogP contribution in [0.4, 0.5) is 5.13 Å². The number of amides is 1. The molecule has 0 fully saturated rings. The van der Waals surface area contributed by atoms with Gasteiger partial charge in [0.15, 0.2) is 11.2 Å². The first-order valence-electron chi connectivity index (χ1n) is 9.74. The molecule has 1 heterocycles. The number of carbonyl (C=O) groups is 1. The van der Waals surface area contributed by atoms with E-state index in [0.717, 1.165) is 22.4 Å². The highest BCUT2D eigenvalue weighted by atomic mass is 32.1. The van der Waals surface area contributed by atoms with Gasteiger partial charge in [-0.25, -0.2) is 4.98 Å². The van der Waals surface area contributed by atoms with Gasteiger partial charge in [-0.15, -0.1) is 11.3 Å². The zero-order valence-electron chi connectivity index (χ0n) is 16.8. The smallest absolute Gasteiger partial charge is 0.266 e. The van der Waals surface area contributed by atoms with E-state index in [-0.39, 0.29) is 5.91 Å². The van der Waals surface area contributed by atoms with Crippen LogP contribution in [0.2, 0.25) is 0 Å². The van der Waals surface area contributed by atoms with Crippen LogP contribution in [-0.4, -0.2) is 17.0 Å². The Labute approximate surface area is 180 Å². The minimum absolute atomic E-state index is 0.230. The Kier molecular flexibility index (Phi) is 5.91. The molecule has 4 aromatic rings. The molecule has 0 radical (unpaired) electrons. The maximum Gasteiger partial charge on any atom is 0.266 e. The average molecular weight is 415 g/mol. The van der Waals surface area contributed by atoms with Crippen molar-refractivity contribution >= 4 is 22.4 Å². The van der Waals surface area contributed by atoms with Gasteiger partial charge in [0, 0.05) is 10.9 Å². The number of aryl methyl sites for hydroxylation is 1. The third-order valence-electron chi connectivity index (χ3n) is 4.73. The predicted octanol–water partition coefficient (Wildman–Crippen LogP) is 6.19. The highest BCUT2D eigenvalue weighted by Crippen LogP contribution is 2.26. The van der Waals surface area contributed by atoms with Gasteiger partial charge >= 0.3 is 0 Å². The van der Waals surface area contributed by atoms with E-state index in [9.17, 15) is 4.79 Å². The number of nitrogens with zero attached hydrogens (tertiary/aromatic N) is 1. The number of hydrogen-bond donors (Lipinski definition) is 1. The molecule has 1 unspecified atom stereocenters. The number of anilines is 1. The van der Waals surface area contributed by atoms with Crippen LogP contribution in [0.1, 0.15) is 12.5 Å². The van der Waals surface area contributed by atoms with Crippen molar-refractivity contribution in [3.63, 3.8) is 0 Å². The molecular weight excluding hydrogens is 392 g/mol. The molecule has 1 aromatic heterocycles. The number of aromatic nitrogens is 1. The van der Waals surface area contributed by atoms with E-state index in [4.69, 9.17) is 4.74 Å². The van der Waals surface area contributed by atoms with E-state index in [1.807, 2.05) is 79.0 Å². The quantitative estimate of drug-likeness (QED) is 0.409. The second-order valence-electron chi connectivity index (χ2n) is 7.04. The van der Waals surface area contributed by atoms with Crippen LogP contribution < -0.4 is 10.1 Å². The first kappa shape index (κ1) is 19.9. The number of rotatable bonds is 6. The Hall–Kier alpha value is -3.44. The molecule has 3 aromatic carbocycles. The molecule has 0 bridgehead atoms. The molecule has 0 spiro atoms. The van der Waals surface area contributed by atoms with E-state index in [0.29, 0.717) is 10.9 Å². The fraction of sp³-hybridized carbons (Fsp3) is 0.120. The van der Waals surface area contributed by atoms with Gasteiger partial charge in [-0.05, 0) is 37.1 Å². The zero-order chi connectivity index (χ0) is 20.9. The maximum atomic E-state index is 12.5. The summed E-state index contributed by atoms with van der Waals surface area (Å²) in [6, 6.07) is 26.0. The van der Waals surface area contributed by atoms with Crippen molar-refractivity contribution < 1.29 is 9.53 Å². The normalized spacial score (nSPS) is 11.7. The lowest BCUT2D eigenvalue weighted by Crippen LogP contribution is -2.30. The minimum atomic E-state index is -0.640. The molecule has 0 aliphatic carbocycles. The zero-order valence-corrected chi connectivity index (χ0v) is 17.6. The number of hydrogen-bond acceptors (Lipinski definition) is 4. The van der Waals surface area contributed by atoms with Crippen LogP contribution in [0.15, 0.2) is 84.2 Å². The van der Waals surface area contributed by atoms with Gasteiger partial charge < -0.3 is 4.74 Å². The Morgan fingerprint density at radius 2 is 1.53 bits per heavy atom. The summed E-state index contributed by atoms with van der Waals surface area (Å²) >= 11 is 1.40. The van der Waals surface area contributed by atoms with Crippen molar-refractivity contribution in [1.29, 1.82) is 0 Å². The van der Waals surface area contributed by atoms with Crippen LogP contribution in [0.5, 0.6) is 5.75 Å². The molecule has 1 N–H and O–H groups in total. The maximum absolute atomic E-state index is 12.5. The van der Waals surface area contributed by atoms with Crippen LogP contribution in [0.25, 0.3) is 22.4 Å². The summed E-state index contributed by atoms with van der Waals surface area (Å²) in [5.41, 5.74) is 5.32. The third kappa shape index (κ3) is 4.75. The van der Waals surface area contributed by atoms with Crippen LogP contribution >= 0.6 is 11.3 Å². The summed E-state index contributed by atoms with van der Waals surface area (Å²) in [5.74, 6) is 0.420. The van der Waals surface area contributed by atoms with Gasteiger partial charge in [0.05, 0.1) is 5.69 Å². The summed E-state index contributed by atoms with van der Waals surface area (Å²) in [7, 11) is 0. The molecule has 5 heteroatoms. The van der Waals surface area contributed by atoms with Crippen molar-refractivity contribution in [3.05, 3.63) is 89.8 Å². The van der Waals surface area contributed by atoms with E-state index in [2.05, 4.69) is 22.4 Å². The number of benzene rings is 3. The molecule has 150 valence electrons. The molecule has 1 atom stereocenters. The van der Waals surface area contributed by atoms with Crippen molar-refractivity contribution in [2.24, 2.45) is 0 Å². The van der Waals surface area contributed by atoms with E-state index < -0.39 is 6.10 Å². The van der Waals surface area contributed by atoms with Gasteiger partial charge in [0.1, 0.15) is 5.75 Å². The van der Waals surface area contributed by atoms with Gasteiger partial charge in [-0.3, -0.25) is 10.1 Å². The second kappa shape index (κ2) is 8.93.